The summed E-state index contributed by atoms with van der Waals surface area (Å²) in [4.78, 5) is 13.6. The summed E-state index contributed by atoms with van der Waals surface area (Å²) in [7, 11) is -2.40. The lowest BCUT2D eigenvalue weighted by Crippen LogP contribution is -2.64. The van der Waals surface area contributed by atoms with E-state index in [1.54, 1.807) is 6.92 Å². The Kier molecular flexibility index (Phi) is 8.45. The van der Waals surface area contributed by atoms with Crippen molar-refractivity contribution < 1.29 is 48.4 Å². The quantitative estimate of drug-likeness (QED) is 0.343. The van der Waals surface area contributed by atoms with E-state index in [2.05, 4.69) is 10.0 Å². The van der Waals surface area contributed by atoms with Crippen LogP contribution in [0.4, 0.5) is 35.5 Å². The van der Waals surface area contributed by atoms with Crippen molar-refractivity contribution in [1.29, 1.82) is 0 Å². The van der Waals surface area contributed by atoms with Crippen LogP contribution in [0.5, 0.6) is 0 Å². The number of likely N-dealkylation sites (tertiary alicyclic amines) is 1. The number of urea groups is 1. The number of carbonyl (C=O) groups is 1. The van der Waals surface area contributed by atoms with Crippen LogP contribution in [0.1, 0.15) is 59.7 Å². The molecule has 3 rings (SSSR count). The fourth-order valence-electron chi connectivity index (χ4n) is 5.48. The maximum Gasteiger partial charge on any atom is 0.417 e. The van der Waals surface area contributed by atoms with Crippen LogP contribution in [0.25, 0.3) is 0 Å². The summed E-state index contributed by atoms with van der Waals surface area (Å²) in [6.45, 7) is 2.79. The van der Waals surface area contributed by atoms with Crippen LogP contribution in [0.15, 0.2) is 36.4 Å². The van der Waals surface area contributed by atoms with E-state index in [1.807, 2.05) is 0 Å². The molecule has 0 aromatic heterocycles. The lowest BCUT2D eigenvalue weighted by atomic mass is 9.84. The van der Waals surface area contributed by atoms with Gasteiger partial charge < -0.3 is 5.32 Å². The topological polar surface area (TPSA) is 75.3 Å². The average molecular weight is 585 g/mol. The molecule has 4 atom stereocenters. The van der Waals surface area contributed by atoms with Gasteiger partial charge in [-0.25, -0.2) is 26.8 Å². The van der Waals surface area contributed by atoms with Crippen molar-refractivity contribution in [1.82, 2.24) is 10.0 Å². The fraction of sp³-hybridized carbons (Fsp3) is 0.480. The summed E-state index contributed by atoms with van der Waals surface area (Å²) in [5.74, 6) is -0.586. The van der Waals surface area contributed by atoms with E-state index in [1.165, 1.54) is 26.1 Å². The van der Waals surface area contributed by atoms with Gasteiger partial charge in [0.1, 0.15) is 17.9 Å². The smallest absolute Gasteiger partial charge is 0.309 e. The zero-order valence-corrected chi connectivity index (χ0v) is 22.4. The van der Waals surface area contributed by atoms with Gasteiger partial charge in [-0.15, -0.1) is 0 Å². The number of halogens is 7. The van der Waals surface area contributed by atoms with Gasteiger partial charge in [-0.1, -0.05) is 0 Å². The first-order chi connectivity index (χ1) is 17.8. The van der Waals surface area contributed by atoms with Crippen LogP contribution in [0.2, 0.25) is 0 Å². The molecule has 0 bridgehead atoms. The Morgan fingerprint density at radius 1 is 1.03 bits per heavy atom. The third kappa shape index (κ3) is 6.55. The molecule has 1 fully saturated rings. The number of quaternary nitrogens is 1. The summed E-state index contributed by atoms with van der Waals surface area (Å²) < 4.78 is 122. The number of sulfonamides is 1. The highest BCUT2D eigenvalue weighted by Crippen LogP contribution is 2.48. The molecule has 6 nitrogen and oxygen atoms in total. The van der Waals surface area contributed by atoms with E-state index in [0.29, 0.717) is 23.3 Å². The molecule has 2 aromatic rings. The molecule has 2 amide bonds. The summed E-state index contributed by atoms with van der Waals surface area (Å²) in [6.07, 6.45) is -9.20. The van der Waals surface area contributed by atoms with Crippen molar-refractivity contribution in [3.63, 3.8) is 0 Å². The number of hydrogen-bond acceptors (Lipinski definition) is 3. The van der Waals surface area contributed by atoms with Crippen molar-refractivity contribution in [3.05, 3.63) is 70.0 Å². The third-order valence-electron chi connectivity index (χ3n) is 7.26. The highest BCUT2D eigenvalue weighted by atomic mass is 32.2. The second-order valence-corrected chi connectivity index (χ2v) is 11.6. The van der Waals surface area contributed by atoms with E-state index in [0.717, 1.165) is 12.3 Å². The highest BCUT2D eigenvalue weighted by molar-refractivity contribution is 7.88. The number of carbonyl (C=O) groups excluding carboxylic acids is 1. The number of alkyl halides is 6. The average Bonchev–Trinajstić information content (AvgIpc) is 2.81. The molecule has 1 aliphatic heterocycles. The molecule has 0 radical (unpaired) electrons. The van der Waals surface area contributed by atoms with Gasteiger partial charge in [0.05, 0.1) is 23.9 Å². The minimum atomic E-state index is -5.09. The molecule has 1 saturated heterocycles. The van der Waals surface area contributed by atoms with Gasteiger partial charge in [0.15, 0.2) is 0 Å². The summed E-state index contributed by atoms with van der Waals surface area (Å²) in [5, 5.41) is 2.49. The van der Waals surface area contributed by atoms with E-state index in [-0.39, 0.29) is 31.0 Å². The number of nitrogens with zero attached hydrogens (tertiary/aromatic N) is 1. The van der Waals surface area contributed by atoms with Crippen LogP contribution in [-0.4, -0.2) is 44.8 Å². The highest BCUT2D eigenvalue weighted by Gasteiger charge is 2.54. The van der Waals surface area contributed by atoms with Gasteiger partial charge in [-0.2, -0.15) is 26.3 Å². The molecule has 39 heavy (non-hydrogen) atoms. The molecule has 0 aliphatic carbocycles. The molecule has 0 spiro atoms. The van der Waals surface area contributed by atoms with Crippen LogP contribution in [0, 0.1) is 12.7 Å². The number of aryl methyl sites for hydroxylation is 1. The molecule has 1 aliphatic rings. The fourth-order valence-corrected chi connectivity index (χ4v) is 6.30. The Morgan fingerprint density at radius 2 is 1.59 bits per heavy atom. The molecule has 2 unspecified atom stereocenters. The van der Waals surface area contributed by atoms with Gasteiger partial charge in [0.25, 0.3) is 0 Å². The molecule has 216 valence electrons. The molecular weight excluding hydrogens is 555 g/mol. The van der Waals surface area contributed by atoms with Crippen molar-refractivity contribution >= 4 is 16.1 Å². The first-order valence-corrected chi connectivity index (χ1v) is 13.8. The monoisotopic (exact) mass is 584 g/mol. The molecule has 0 saturated carbocycles. The molecule has 2 aromatic carbocycles. The first kappa shape index (κ1) is 30.8. The van der Waals surface area contributed by atoms with Crippen LogP contribution in [0.3, 0.4) is 0 Å². The lowest BCUT2D eigenvalue weighted by Gasteiger charge is -2.50. The standard InChI is InChI=1S/C25H28F7N3O3S/c1-14-9-19(26)5-6-21(14)22-13-20(34-39(4,37)38)7-8-35(22,23(36)33-3)15(2)16-10-17(24(27,28)29)12-18(11-16)25(30,31)32/h5-6,9-12,15,20,22,34H,7-8,13H2,1-4H3/p+1/t15?,20-,22+,35?/m0/s1. The van der Waals surface area contributed by atoms with E-state index in [9.17, 15) is 43.9 Å². The zero-order chi connectivity index (χ0) is 29.6. The van der Waals surface area contributed by atoms with Crippen LogP contribution < -0.4 is 10.0 Å². The van der Waals surface area contributed by atoms with Crippen molar-refractivity contribution in [3.8, 4) is 0 Å². The van der Waals surface area contributed by atoms with Gasteiger partial charge >= 0.3 is 18.4 Å². The largest absolute Gasteiger partial charge is 0.417 e. The van der Waals surface area contributed by atoms with Gasteiger partial charge in [0, 0.05) is 37.1 Å². The van der Waals surface area contributed by atoms with Crippen molar-refractivity contribution in [2.45, 2.75) is 57.2 Å². The van der Waals surface area contributed by atoms with Gasteiger partial charge in [0.2, 0.25) is 10.0 Å². The Labute approximate surface area is 221 Å². The second kappa shape index (κ2) is 10.7. The summed E-state index contributed by atoms with van der Waals surface area (Å²) in [6, 6.07) is 1.35. The lowest BCUT2D eigenvalue weighted by molar-refractivity contribution is -0.916. The van der Waals surface area contributed by atoms with Crippen molar-refractivity contribution in [2.75, 3.05) is 19.8 Å². The maximum absolute atomic E-state index is 14.0. The minimum absolute atomic E-state index is 0.0182. The second-order valence-electron chi connectivity index (χ2n) is 9.85. The summed E-state index contributed by atoms with van der Waals surface area (Å²) in [5.41, 5.74) is -2.61. The van der Waals surface area contributed by atoms with E-state index < -0.39 is 68.0 Å². The van der Waals surface area contributed by atoms with Gasteiger partial charge in [-0.05, 0) is 55.8 Å². The number of hydrogen-bond donors (Lipinski definition) is 2. The number of nitrogens with one attached hydrogen (secondary N) is 2. The minimum Gasteiger partial charge on any atom is -0.309 e. The molecular formula is C25H29F7N3O3S+. The number of benzene rings is 2. The predicted molar refractivity (Wildman–Crippen MR) is 129 cm³/mol. The molecule has 14 heteroatoms. The van der Waals surface area contributed by atoms with Crippen LogP contribution in [-0.2, 0) is 22.4 Å². The Bertz CT molecular complexity index is 1310. The number of amides is 2. The first-order valence-electron chi connectivity index (χ1n) is 11.9. The molecule has 1 heterocycles. The maximum atomic E-state index is 14.0. The van der Waals surface area contributed by atoms with Gasteiger partial charge in [-0.3, -0.25) is 0 Å². The Morgan fingerprint density at radius 3 is 2.05 bits per heavy atom. The Hall–Kier alpha value is -2.71. The molecule has 2 N–H and O–H groups in total. The van der Waals surface area contributed by atoms with Crippen LogP contribution >= 0.6 is 0 Å². The van der Waals surface area contributed by atoms with E-state index in [4.69, 9.17) is 0 Å². The predicted octanol–water partition coefficient (Wildman–Crippen LogP) is 5.84. The zero-order valence-electron chi connectivity index (χ0n) is 21.5. The van der Waals surface area contributed by atoms with E-state index >= 15 is 0 Å². The summed E-state index contributed by atoms with van der Waals surface area (Å²) >= 11 is 0. The third-order valence-corrected chi connectivity index (χ3v) is 8.02. The number of piperidine rings is 1. The van der Waals surface area contributed by atoms with Crippen molar-refractivity contribution in [2.24, 2.45) is 0 Å². The Balaban J connectivity index is 2.29. The number of rotatable bonds is 5. The SMILES string of the molecule is CNC(=O)[N+]1(C(C)c2cc(C(F)(F)F)cc(C(F)(F)F)c2)CC[C@H](NS(C)(=O)=O)C[C@@H]1c1ccc(F)cc1C. The normalized spacial score (nSPS) is 23.4.